The normalized spacial score (nSPS) is 24.1. The van der Waals surface area contributed by atoms with Crippen molar-refractivity contribution in [1.29, 1.82) is 0 Å². The van der Waals surface area contributed by atoms with Crippen molar-refractivity contribution in [2.24, 2.45) is 5.41 Å². The van der Waals surface area contributed by atoms with Crippen LogP contribution in [-0.2, 0) is 0 Å². The van der Waals surface area contributed by atoms with Gasteiger partial charge in [-0.1, -0.05) is 37.6 Å². The molecule has 0 aliphatic heterocycles. The van der Waals surface area contributed by atoms with Crippen molar-refractivity contribution in [2.75, 3.05) is 7.05 Å². The van der Waals surface area contributed by atoms with Crippen molar-refractivity contribution in [1.82, 2.24) is 5.32 Å². The lowest BCUT2D eigenvalue weighted by molar-refractivity contribution is 0.371. The fourth-order valence-corrected chi connectivity index (χ4v) is 3.23. The average Bonchev–Trinajstić information content (AvgIpc) is 2.98. The predicted molar refractivity (Wildman–Crippen MR) is 72.2 cm³/mol. The van der Waals surface area contributed by atoms with Gasteiger partial charge in [0.25, 0.3) is 0 Å². The maximum Gasteiger partial charge on any atom is 0.0374 e. The maximum absolute atomic E-state index is 3.56. The van der Waals surface area contributed by atoms with Gasteiger partial charge >= 0.3 is 0 Å². The topological polar surface area (TPSA) is 12.0 Å². The van der Waals surface area contributed by atoms with E-state index in [2.05, 4.69) is 43.6 Å². The van der Waals surface area contributed by atoms with Gasteiger partial charge in [-0.2, -0.15) is 0 Å². The molecular weight excluding hydrogens is 206 g/mol. The van der Waals surface area contributed by atoms with E-state index in [4.69, 9.17) is 0 Å². The Bertz CT molecular complexity index is 402. The van der Waals surface area contributed by atoms with Gasteiger partial charge in [0.1, 0.15) is 0 Å². The molecule has 2 aliphatic rings. The Hall–Kier alpha value is -0.820. The van der Waals surface area contributed by atoms with Crippen LogP contribution in [0, 0.1) is 5.41 Å². The zero-order valence-corrected chi connectivity index (χ0v) is 11.0. The standard InChI is InChI=1S/C16H23N/c1-16(10-11-16)15(17-2)14-9-4-3-8-13(14)12-6-5-7-12/h3-4,8-9,12,15,17H,5-7,10-11H2,1-2H3. The van der Waals surface area contributed by atoms with Crippen LogP contribution in [-0.4, -0.2) is 7.05 Å². The molecule has 0 heterocycles. The van der Waals surface area contributed by atoms with Crippen LogP contribution in [0.3, 0.4) is 0 Å². The summed E-state index contributed by atoms with van der Waals surface area (Å²) < 4.78 is 0. The Morgan fingerprint density at radius 1 is 1.24 bits per heavy atom. The van der Waals surface area contributed by atoms with E-state index in [-0.39, 0.29) is 0 Å². The predicted octanol–water partition coefficient (Wildman–Crippen LogP) is 4.01. The van der Waals surface area contributed by atoms with Crippen molar-refractivity contribution < 1.29 is 0 Å². The minimum atomic E-state index is 0.509. The van der Waals surface area contributed by atoms with Crippen LogP contribution in [0.1, 0.15) is 62.1 Å². The van der Waals surface area contributed by atoms with Crippen molar-refractivity contribution in [3.8, 4) is 0 Å². The Labute approximate surface area is 105 Å². The zero-order valence-electron chi connectivity index (χ0n) is 11.0. The van der Waals surface area contributed by atoms with Crippen LogP contribution in [0.25, 0.3) is 0 Å². The van der Waals surface area contributed by atoms with E-state index in [1.165, 1.54) is 32.1 Å². The molecule has 2 aliphatic carbocycles. The molecule has 1 nitrogen and oxygen atoms in total. The molecule has 1 heteroatoms. The molecule has 0 saturated heterocycles. The molecule has 1 N–H and O–H groups in total. The molecule has 2 saturated carbocycles. The first-order chi connectivity index (χ1) is 8.24. The molecule has 1 aromatic carbocycles. The Kier molecular flexibility index (Phi) is 2.74. The largest absolute Gasteiger partial charge is 0.313 e. The molecule has 1 unspecified atom stereocenters. The van der Waals surface area contributed by atoms with E-state index >= 15 is 0 Å². The number of nitrogens with one attached hydrogen (secondary N) is 1. The quantitative estimate of drug-likeness (QED) is 0.822. The van der Waals surface area contributed by atoms with Crippen LogP contribution >= 0.6 is 0 Å². The van der Waals surface area contributed by atoms with Crippen LogP contribution in [0.4, 0.5) is 0 Å². The van der Waals surface area contributed by atoms with Crippen molar-refractivity contribution >= 4 is 0 Å². The van der Waals surface area contributed by atoms with Gasteiger partial charge in [0.2, 0.25) is 0 Å². The third-order valence-electron chi connectivity index (χ3n) is 4.88. The second-order valence-electron chi connectivity index (χ2n) is 6.13. The fraction of sp³-hybridized carbons (Fsp3) is 0.625. The van der Waals surface area contributed by atoms with Crippen LogP contribution in [0.5, 0.6) is 0 Å². The van der Waals surface area contributed by atoms with Crippen LogP contribution in [0.2, 0.25) is 0 Å². The van der Waals surface area contributed by atoms with Crippen molar-refractivity contribution in [3.63, 3.8) is 0 Å². The Morgan fingerprint density at radius 3 is 2.47 bits per heavy atom. The van der Waals surface area contributed by atoms with E-state index < -0.39 is 0 Å². The summed E-state index contributed by atoms with van der Waals surface area (Å²) in [6, 6.07) is 9.67. The highest BCUT2D eigenvalue weighted by molar-refractivity contribution is 5.36. The van der Waals surface area contributed by atoms with Gasteiger partial charge in [-0.3, -0.25) is 0 Å². The summed E-state index contributed by atoms with van der Waals surface area (Å²) in [6.07, 6.45) is 6.95. The summed E-state index contributed by atoms with van der Waals surface area (Å²) in [4.78, 5) is 0. The van der Waals surface area contributed by atoms with Gasteiger partial charge in [0.15, 0.2) is 0 Å². The maximum atomic E-state index is 3.56. The van der Waals surface area contributed by atoms with E-state index in [9.17, 15) is 0 Å². The summed E-state index contributed by atoms with van der Waals surface area (Å²) >= 11 is 0. The molecule has 0 amide bonds. The second kappa shape index (κ2) is 4.13. The Morgan fingerprint density at radius 2 is 1.94 bits per heavy atom. The van der Waals surface area contributed by atoms with E-state index in [0.717, 1.165) is 5.92 Å². The zero-order chi connectivity index (χ0) is 11.9. The molecule has 0 spiro atoms. The molecule has 0 bridgehead atoms. The number of rotatable bonds is 4. The van der Waals surface area contributed by atoms with Gasteiger partial charge in [-0.05, 0) is 55.2 Å². The van der Waals surface area contributed by atoms with Gasteiger partial charge < -0.3 is 5.32 Å². The molecule has 92 valence electrons. The van der Waals surface area contributed by atoms with E-state index in [0.29, 0.717) is 11.5 Å². The number of benzene rings is 1. The lowest BCUT2D eigenvalue weighted by Gasteiger charge is -2.32. The van der Waals surface area contributed by atoms with E-state index in [1.807, 2.05) is 0 Å². The minimum Gasteiger partial charge on any atom is -0.313 e. The van der Waals surface area contributed by atoms with Crippen molar-refractivity contribution in [3.05, 3.63) is 35.4 Å². The van der Waals surface area contributed by atoms with Gasteiger partial charge in [0.05, 0.1) is 0 Å². The van der Waals surface area contributed by atoms with Gasteiger partial charge in [-0.15, -0.1) is 0 Å². The van der Waals surface area contributed by atoms with Crippen molar-refractivity contribution in [2.45, 2.75) is 51.0 Å². The first-order valence-corrected chi connectivity index (χ1v) is 7.01. The third kappa shape index (κ3) is 1.91. The highest BCUT2D eigenvalue weighted by Gasteiger charge is 2.45. The molecule has 2 fully saturated rings. The summed E-state index contributed by atoms with van der Waals surface area (Å²) in [7, 11) is 2.12. The highest BCUT2D eigenvalue weighted by Crippen LogP contribution is 2.55. The number of hydrogen-bond donors (Lipinski definition) is 1. The lowest BCUT2D eigenvalue weighted by Crippen LogP contribution is -2.27. The Balaban J connectivity index is 1.94. The second-order valence-corrected chi connectivity index (χ2v) is 6.13. The lowest BCUT2D eigenvalue weighted by atomic mass is 9.75. The molecule has 1 aromatic rings. The highest BCUT2D eigenvalue weighted by atomic mass is 14.9. The fourth-order valence-electron chi connectivity index (χ4n) is 3.23. The first kappa shape index (κ1) is 11.3. The summed E-state index contributed by atoms with van der Waals surface area (Å²) in [5.41, 5.74) is 3.69. The summed E-state index contributed by atoms with van der Waals surface area (Å²) in [5, 5.41) is 3.56. The molecule has 0 radical (unpaired) electrons. The minimum absolute atomic E-state index is 0.509. The molecular formula is C16H23N. The van der Waals surface area contributed by atoms with E-state index in [1.54, 1.807) is 11.1 Å². The van der Waals surface area contributed by atoms with Gasteiger partial charge in [0, 0.05) is 6.04 Å². The molecule has 1 atom stereocenters. The smallest absolute Gasteiger partial charge is 0.0374 e. The average molecular weight is 229 g/mol. The summed E-state index contributed by atoms with van der Waals surface area (Å²) in [6.45, 7) is 2.42. The molecule has 17 heavy (non-hydrogen) atoms. The number of hydrogen-bond acceptors (Lipinski definition) is 1. The molecule has 3 rings (SSSR count). The first-order valence-electron chi connectivity index (χ1n) is 7.01. The van der Waals surface area contributed by atoms with Crippen LogP contribution in [0.15, 0.2) is 24.3 Å². The van der Waals surface area contributed by atoms with Gasteiger partial charge in [-0.25, -0.2) is 0 Å². The van der Waals surface area contributed by atoms with Crippen LogP contribution < -0.4 is 5.32 Å². The third-order valence-corrected chi connectivity index (χ3v) is 4.88. The molecule has 0 aromatic heterocycles. The monoisotopic (exact) mass is 229 g/mol. The summed E-state index contributed by atoms with van der Waals surface area (Å²) in [5.74, 6) is 0.837. The SMILES string of the molecule is CNC(c1ccccc1C1CCC1)C1(C)CC1.